The maximum atomic E-state index is 7.62. The van der Waals surface area contributed by atoms with Crippen molar-refractivity contribution in [3.63, 3.8) is 0 Å². The molecule has 0 radical (unpaired) electrons. The van der Waals surface area contributed by atoms with E-state index in [0.29, 0.717) is 0 Å². The lowest BCUT2D eigenvalue weighted by atomic mass is 10.1. The summed E-state index contributed by atoms with van der Waals surface area (Å²) in [5, 5.41) is 15.2. The molecule has 0 saturated carbocycles. The van der Waals surface area contributed by atoms with Crippen molar-refractivity contribution in [2.75, 3.05) is 13.2 Å². The van der Waals surface area contributed by atoms with Crippen molar-refractivity contribution in [1.29, 1.82) is 0 Å². The van der Waals surface area contributed by atoms with E-state index in [1.807, 2.05) is 18.2 Å². The van der Waals surface area contributed by atoms with Crippen LogP contribution in [0.25, 0.3) is 6.08 Å². The number of rotatable bonds is 2. The lowest BCUT2D eigenvalue weighted by molar-refractivity contribution is 0.186. The highest BCUT2D eigenvalue weighted by atomic mass is 16.3. The molecular formula is C11H16O2. The van der Waals surface area contributed by atoms with Crippen molar-refractivity contribution in [3.05, 3.63) is 42.0 Å². The molecule has 0 amide bonds. The van der Waals surface area contributed by atoms with Gasteiger partial charge in [-0.25, -0.2) is 0 Å². The zero-order valence-electron chi connectivity index (χ0n) is 7.90. The lowest BCUT2D eigenvalue weighted by Gasteiger charge is -1.95. The fourth-order valence-electron chi connectivity index (χ4n) is 0.816. The highest BCUT2D eigenvalue weighted by molar-refractivity contribution is 5.50. The van der Waals surface area contributed by atoms with E-state index in [0.717, 1.165) is 0 Å². The third kappa shape index (κ3) is 5.17. The standard InChI is InChI=1S/C9H10.C2H6O2/c1-3-9-7-5-4-6-8(9)2;3-1-2-4/h3-7H,1H2,2H3;3-4H,1-2H2. The molecule has 0 aromatic heterocycles. The monoisotopic (exact) mass is 180 g/mol. The lowest BCUT2D eigenvalue weighted by Crippen LogP contribution is -1.85. The molecule has 0 fully saturated rings. The Morgan fingerprint density at radius 1 is 1.23 bits per heavy atom. The smallest absolute Gasteiger partial charge is 0.0662 e. The Morgan fingerprint density at radius 3 is 2.08 bits per heavy atom. The molecule has 2 heteroatoms. The third-order valence-electron chi connectivity index (χ3n) is 1.51. The van der Waals surface area contributed by atoms with Gasteiger partial charge in [-0.2, -0.15) is 0 Å². The van der Waals surface area contributed by atoms with Gasteiger partial charge in [0.15, 0.2) is 0 Å². The molecule has 2 nitrogen and oxygen atoms in total. The molecule has 0 atom stereocenters. The maximum Gasteiger partial charge on any atom is 0.0662 e. The molecule has 0 bridgehead atoms. The molecule has 0 aliphatic rings. The summed E-state index contributed by atoms with van der Waals surface area (Å²) in [7, 11) is 0. The van der Waals surface area contributed by atoms with Gasteiger partial charge in [0.05, 0.1) is 13.2 Å². The predicted molar refractivity (Wildman–Crippen MR) is 55.4 cm³/mol. The number of benzene rings is 1. The van der Waals surface area contributed by atoms with Gasteiger partial charge in [-0.3, -0.25) is 0 Å². The predicted octanol–water partition coefficient (Wildman–Crippen LogP) is 1.61. The molecule has 72 valence electrons. The van der Waals surface area contributed by atoms with Gasteiger partial charge in [0.1, 0.15) is 0 Å². The largest absolute Gasteiger partial charge is 0.394 e. The van der Waals surface area contributed by atoms with Crippen molar-refractivity contribution in [2.24, 2.45) is 0 Å². The maximum absolute atomic E-state index is 7.62. The van der Waals surface area contributed by atoms with Gasteiger partial charge in [0.2, 0.25) is 0 Å². The van der Waals surface area contributed by atoms with Gasteiger partial charge in [-0.05, 0) is 18.1 Å². The van der Waals surface area contributed by atoms with Gasteiger partial charge >= 0.3 is 0 Å². The van der Waals surface area contributed by atoms with Crippen molar-refractivity contribution >= 4 is 6.08 Å². The molecule has 0 aliphatic carbocycles. The first-order valence-electron chi connectivity index (χ1n) is 4.16. The summed E-state index contributed by atoms with van der Waals surface area (Å²) >= 11 is 0. The van der Waals surface area contributed by atoms with Crippen LogP contribution in [0.4, 0.5) is 0 Å². The van der Waals surface area contributed by atoms with Crippen molar-refractivity contribution in [2.45, 2.75) is 6.92 Å². The van der Waals surface area contributed by atoms with E-state index in [9.17, 15) is 0 Å². The SMILES string of the molecule is C=Cc1ccccc1C.OCCO. The Morgan fingerprint density at radius 2 is 1.77 bits per heavy atom. The summed E-state index contributed by atoms with van der Waals surface area (Å²) in [6.45, 7) is 5.52. The summed E-state index contributed by atoms with van der Waals surface area (Å²) in [6, 6.07) is 8.19. The summed E-state index contributed by atoms with van der Waals surface area (Å²) in [6.07, 6.45) is 1.87. The van der Waals surface area contributed by atoms with E-state index in [2.05, 4.69) is 25.6 Å². The van der Waals surface area contributed by atoms with Gasteiger partial charge in [-0.15, -0.1) is 0 Å². The number of aliphatic hydroxyl groups is 2. The van der Waals surface area contributed by atoms with Crippen molar-refractivity contribution in [1.82, 2.24) is 0 Å². The van der Waals surface area contributed by atoms with Crippen LogP contribution < -0.4 is 0 Å². The first-order chi connectivity index (χ1) is 6.26. The van der Waals surface area contributed by atoms with E-state index in [1.54, 1.807) is 0 Å². The molecule has 2 N–H and O–H groups in total. The average molecular weight is 180 g/mol. The van der Waals surface area contributed by atoms with E-state index < -0.39 is 0 Å². The minimum atomic E-state index is -0.125. The minimum absolute atomic E-state index is 0.125. The Labute approximate surface area is 79.2 Å². The number of hydrogen-bond acceptors (Lipinski definition) is 2. The second-order valence-electron chi connectivity index (χ2n) is 2.51. The fraction of sp³-hybridized carbons (Fsp3) is 0.273. The Balaban J connectivity index is 0.000000310. The molecule has 0 aliphatic heterocycles. The second kappa shape index (κ2) is 7.53. The van der Waals surface area contributed by atoms with Crippen LogP contribution in [0.1, 0.15) is 11.1 Å². The number of hydrogen-bond donors (Lipinski definition) is 2. The van der Waals surface area contributed by atoms with E-state index in [4.69, 9.17) is 10.2 Å². The molecule has 1 aromatic carbocycles. The first-order valence-corrected chi connectivity index (χ1v) is 4.16. The highest BCUT2D eigenvalue weighted by Crippen LogP contribution is 2.06. The van der Waals surface area contributed by atoms with E-state index in [-0.39, 0.29) is 13.2 Å². The topological polar surface area (TPSA) is 40.5 Å². The van der Waals surface area contributed by atoms with Crippen LogP contribution >= 0.6 is 0 Å². The summed E-state index contributed by atoms with van der Waals surface area (Å²) in [5.41, 5.74) is 2.50. The molecule has 0 spiro atoms. The van der Waals surface area contributed by atoms with Gasteiger partial charge in [-0.1, -0.05) is 36.9 Å². The van der Waals surface area contributed by atoms with Crippen LogP contribution in [-0.4, -0.2) is 23.4 Å². The molecule has 1 rings (SSSR count). The molecular weight excluding hydrogens is 164 g/mol. The number of aliphatic hydroxyl groups excluding tert-OH is 2. The van der Waals surface area contributed by atoms with E-state index >= 15 is 0 Å². The van der Waals surface area contributed by atoms with E-state index in [1.165, 1.54) is 11.1 Å². The Kier molecular flexibility index (Phi) is 6.88. The molecule has 1 aromatic rings. The van der Waals surface area contributed by atoms with Crippen LogP contribution in [0.15, 0.2) is 30.8 Å². The zero-order valence-corrected chi connectivity index (χ0v) is 7.90. The van der Waals surface area contributed by atoms with Gasteiger partial charge in [0, 0.05) is 0 Å². The van der Waals surface area contributed by atoms with Crippen LogP contribution in [0.2, 0.25) is 0 Å². The fourth-order valence-corrected chi connectivity index (χ4v) is 0.816. The Hall–Kier alpha value is -1.12. The van der Waals surface area contributed by atoms with Crippen LogP contribution in [0.5, 0.6) is 0 Å². The summed E-state index contributed by atoms with van der Waals surface area (Å²) in [5.74, 6) is 0. The summed E-state index contributed by atoms with van der Waals surface area (Å²) < 4.78 is 0. The van der Waals surface area contributed by atoms with Crippen LogP contribution in [0.3, 0.4) is 0 Å². The third-order valence-corrected chi connectivity index (χ3v) is 1.51. The van der Waals surface area contributed by atoms with Crippen molar-refractivity contribution < 1.29 is 10.2 Å². The van der Waals surface area contributed by atoms with Crippen molar-refractivity contribution in [3.8, 4) is 0 Å². The van der Waals surface area contributed by atoms with Gasteiger partial charge in [0.25, 0.3) is 0 Å². The summed E-state index contributed by atoms with van der Waals surface area (Å²) in [4.78, 5) is 0. The zero-order chi connectivity index (χ0) is 10.1. The normalized spacial score (nSPS) is 8.54. The van der Waals surface area contributed by atoms with Gasteiger partial charge < -0.3 is 10.2 Å². The quantitative estimate of drug-likeness (QED) is 0.726. The van der Waals surface area contributed by atoms with Crippen LogP contribution in [0, 0.1) is 6.92 Å². The highest BCUT2D eigenvalue weighted by Gasteiger charge is 1.86. The van der Waals surface area contributed by atoms with Crippen LogP contribution in [-0.2, 0) is 0 Å². The molecule has 0 heterocycles. The average Bonchev–Trinajstić information content (AvgIpc) is 2.19. The minimum Gasteiger partial charge on any atom is -0.394 e. The molecule has 0 unspecified atom stereocenters. The first kappa shape index (κ1) is 11.9. The molecule has 0 saturated heterocycles. The second-order valence-corrected chi connectivity index (χ2v) is 2.51. The number of aryl methyl sites for hydroxylation is 1. The molecule has 13 heavy (non-hydrogen) atoms. The Bertz CT molecular complexity index is 242.